The Labute approximate surface area is 101 Å². The van der Waals surface area contributed by atoms with Crippen molar-refractivity contribution in [2.75, 3.05) is 0 Å². The van der Waals surface area contributed by atoms with Crippen LogP contribution in [0, 0.1) is 0 Å². The Morgan fingerprint density at radius 1 is 1.59 bits per heavy atom. The van der Waals surface area contributed by atoms with Crippen LogP contribution in [0.4, 0.5) is 0 Å². The SMILES string of the molecule is Cn1ncnc1Sc1cnccc1/C(N)=N/O. The summed E-state index contributed by atoms with van der Waals surface area (Å²) in [7, 11) is 1.79. The second-order valence-corrected chi connectivity index (χ2v) is 4.13. The van der Waals surface area contributed by atoms with E-state index in [1.807, 2.05) is 0 Å². The Balaban J connectivity index is 2.36. The minimum Gasteiger partial charge on any atom is -0.409 e. The van der Waals surface area contributed by atoms with Crippen LogP contribution in [-0.4, -0.2) is 30.8 Å². The summed E-state index contributed by atoms with van der Waals surface area (Å²) >= 11 is 1.35. The van der Waals surface area contributed by atoms with Gasteiger partial charge in [0.05, 0.1) is 0 Å². The van der Waals surface area contributed by atoms with Crippen LogP contribution in [0.15, 0.2) is 40.0 Å². The van der Waals surface area contributed by atoms with Crippen LogP contribution in [0.1, 0.15) is 5.56 Å². The number of hydrogen-bond acceptors (Lipinski definition) is 6. The monoisotopic (exact) mass is 250 g/mol. The molecule has 0 fully saturated rings. The Hall–Kier alpha value is -2.09. The molecule has 3 N–H and O–H groups in total. The second kappa shape index (κ2) is 4.83. The van der Waals surface area contributed by atoms with Crippen molar-refractivity contribution in [1.29, 1.82) is 0 Å². The zero-order valence-corrected chi connectivity index (χ0v) is 9.79. The molecular formula is C9H10N6OS. The fourth-order valence-corrected chi connectivity index (χ4v) is 2.08. The molecule has 2 aromatic heterocycles. The molecule has 2 heterocycles. The van der Waals surface area contributed by atoms with E-state index in [0.717, 1.165) is 4.90 Å². The zero-order valence-electron chi connectivity index (χ0n) is 8.98. The van der Waals surface area contributed by atoms with Crippen molar-refractivity contribution in [3.8, 4) is 0 Å². The normalized spacial score (nSPS) is 11.7. The van der Waals surface area contributed by atoms with Crippen LogP contribution in [0.5, 0.6) is 0 Å². The van der Waals surface area contributed by atoms with Gasteiger partial charge in [-0.15, -0.1) is 0 Å². The number of hydrogen-bond donors (Lipinski definition) is 2. The van der Waals surface area contributed by atoms with E-state index >= 15 is 0 Å². The van der Waals surface area contributed by atoms with Gasteiger partial charge >= 0.3 is 0 Å². The average Bonchev–Trinajstić information content (AvgIpc) is 2.75. The van der Waals surface area contributed by atoms with Gasteiger partial charge in [-0.1, -0.05) is 5.16 Å². The lowest BCUT2D eigenvalue weighted by Crippen LogP contribution is -2.14. The van der Waals surface area contributed by atoms with Crippen LogP contribution in [0.3, 0.4) is 0 Å². The van der Waals surface area contributed by atoms with E-state index in [1.54, 1.807) is 30.2 Å². The molecule has 17 heavy (non-hydrogen) atoms. The van der Waals surface area contributed by atoms with Crippen LogP contribution in [-0.2, 0) is 7.05 Å². The van der Waals surface area contributed by atoms with Gasteiger partial charge in [-0.05, 0) is 17.8 Å². The van der Waals surface area contributed by atoms with E-state index in [0.29, 0.717) is 10.7 Å². The van der Waals surface area contributed by atoms with Crippen molar-refractivity contribution in [2.45, 2.75) is 10.1 Å². The van der Waals surface area contributed by atoms with E-state index in [-0.39, 0.29) is 5.84 Å². The summed E-state index contributed by atoms with van der Waals surface area (Å²) in [4.78, 5) is 8.83. The highest BCUT2D eigenvalue weighted by Crippen LogP contribution is 2.27. The first-order valence-corrected chi connectivity index (χ1v) is 5.47. The van der Waals surface area contributed by atoms with Crippen molar-refractivity contribution >= 4 is 17.6 Å². The summed E-state index contributed by atoms with van der Waals surface area (Å²) < 4.78 is 1.63. The quantitative estimate of drug-likeness (QED) is 0.355. The zero-order chi connectivity index (χ0) is 12.3. The first-order valence-electron chi connectivity index (χ1n) is 4.66. The fourth-order valence-electron chi connectivity index (χ4n) is 1.20. The van der Waals surface area contributed by atoms with Gasteiger partial charge in [0.1, 0.15) is 6.33 Å². The van der Waals surface area contributed by atoms with Crippen molar-refractivity contribution in [1.82, 2.24) is 19.7 Å². The summed E-state index contributed by atoms with van der Waals surface area (Å²) in [6.45, 7) is 0. The third-order valence-electron chi connectivity index (χ3n) is 2.04. The van der Waals surface area contributed by atoms with Gasteiger partial charge < -0.3 is 10.9 Å². The highest BCUT2D eigenvalue weighted by Gasteiger charge is 2.11. The third kappa shape index (κ3) is 2.36. The van der Waals surface area contributed by atoms with Crippen LogP contribution in [0.25, 0.3) is 0 Å². The van der Waals surface area contributed by atoms with E-state index in [2.05, 4.69) is 20.2 Å². The Morgan fingerprint density at radius 2 is 2.41 bits per heavy atom. The van der Waals surface area contributed by atoms with Crippen molar-refractivity contribution in [3.05, 3.63) is 30.4 Å². The molecule has 0 aliphatic heterocycles. The molecule has 2 rings (SSSR count). The Bertz CT molecular complexity index is 552. The number of amidine groups is 1. The molecule has 0 unspecified atom stereocenters. The maximum atomic E-state index is 8.69. The molecule has 2 aromatic rings. The van der Waals surface area contributed by atoms with E-state index < -0.39 is 0 Å². The number of aryl methyl sites for hydroxylation is 1. The molecule has 0 amide bonds. The molecule has 0 aliphatic rings. The maximum absolute atomic E-state index is 8.69. The van der Waals surface area contributed by atoms with Crippen molar-refractivity contribution < 1.29 is 5.21 Å². The van der Waals surface area contributed by atoms with Crippen LogP contribution >= 0.6 is 11.8 Å². The minimum atomic E-state index is 0.0390. The number of aromatic nitrogens is 4. The van der Waals surface area contributed by atoms with Gasteiger partial charge in [-0.25, -0.2) is 9.67 Å². The summed E-state index contributed by atoms with van der Waals surface area (Å²) in [6, 6.07) is 1.67. The molecule has 0 saturated carbocycles. The lowest BCUT2D eigenvalue weighted by Gasteiger charge is -2.05. The second-order valence-electron chi connectivity index (χ2n) is 3.13. The highest BCUT2D eigenvalue weighted by atomic mass is 32.2. The lowest BCUT2D eigenvalue weighted by atomic mass is 10.2. The molecule has 7 nitrogen and oxygen atoms in total. The molecule has 0 radical (unpaired) electrons. The van der Waals surface area contributed by atoms with Crippen molar-refractivity contribution in [3.63, 3.8) is 0 Å². The molecule has 0 saturated heterocycles. The molecular weight excluding hydrogens is 240 g/mol. The number of nitrogens with zero attached hydrogens (tertiary/aromatic N) is 5. The smallest absolute Gasteiger partial charge is 0.190 e. The van der Waals surface area contributed by atoms with Crippen molar-refractivity contribution in [2.24, 2.45) is 17.9 Å². The van der Waals surface area contributed by atoms with E-state index in [4.69, 9.17) is 10.9 Å². The number of rotatable bonds is 3. The number of pyridine rings is 1. The van der Waals surface area contributed by atoms with Gasteiger partial charge in [0.2, 0.25) is 0 Å². The van der Waals surface area contributed by atoms with Gasteiger partial charge in [0.15, 0.2) is 11.0 Å². The lowest BCUT2D eigenvalue weighted by molar-refractivity contribution is 0.318. The largest absolute Gasteiger partial charge is 0.409 e. The average molecular weight is 250 g/mol. The molecule has 0 spiro atoms. The molecule has 0 atom stereocenters. The summed E-state index contributed by atoms with van der Waals surface area (Å²) in [6.07, 6.45) is 4.67. The van der Waals surface area contributed by atoms with Crippen LogP contribution in [0.2, 0.25) is 0 Å². The third-order valence-corrected chi connectivity index (χ3v) is 3.14. The molecule has 8 heteroatoms. The first-order chi connectivity index (χ1) is 8.22. The van der Waals surface area contributed by atoms with E-state index in [1.165, 1.54) is 18.1 Å². The topological polar surface area (TPSA) is 102 Å². The highest BCUT2D eigenvalue weighted by molar-refractivity contribution is 7.99. The predicted molar refractivity (Wildman–Crippen MR) is 61.9 cm³/mol. The standard InChI is InChI=1S/C9H10N6OS/c1-15-9(12-5-13-15)17-7-4-11-3-2-6(7)8(10)14-16/h2-5,16H,1H3,(H2,10,14). The van der Waals surface area contributed by atoms with Gasteiger partial charge in [0.25, 0.3) is 0 Å². The van der Waals surface area contributed by atoms with E-state index in [9.17, 15) is 0 Å². The molecule has 0 aromatic carbocycles. The molecule has 0 bridgehead atoms. The van der Waals surface area contributed by atoms with Crippen LogP contribution < -0.4 is 5.73 Å². The Morgan fingerprint density at radius 3 is 3.06 bits per heavy atom. The molecule has 0 aliphatic carbocycles. The Kier molecular flexibility index (Phi) is 3.24. The fraction of sp³-hybridized carbons (Fsp3) is 0.111. The first kappa shape index (κ1) is 11.4. The predicted octanol–water partition coefficient (Wildman–Crippen LogP) is 0.456. The minimum absolute atomic E-state index is 0.0390. The summed E-state index contributed by atoms with van der Waals surface area (Å²) in [5, 5.41) is 16.3. The summed E-state index contributed by atoms with van der Waals surface area (Å²) in [5.74, 6) is 0.0390. The number of oxime groups is 1. The number of nitrogens with two attached hydrogens (primary N) is 1. The summed E-state index contributed by atoms with van der Waals surface area (Å²) in [5.41, 5.74) is 6.19. The molecule has 88 valence electrons. The van der Waals surface area contributed by atoms with Gasteiger partial charge in [0, 0.05) is 29.9 Å². The van der Waals surface area contributed by atoms with Gasteiger partial charge in [-0.2, -0.15) is 5.10 Å². The maximum Gasteiger partial charge on any atom is 0.190 e. The van der Waals surface area contributed by atoms with Gasteiger partial charge in [-0.3, -0.25) is 4.98 Å².